The zero-order chi connectivity index (χ0) is 20.1. The first-order valence-corrected chi connectivity index (χ1v) is 10.0. The third-order valence-corrected chi connectivity index (χ3v) is 5.14. The van der Waals surface area contributed by atoms with Crippen LogP contribution in [0.2, 0.25) is 0 Å². The van der Waals surface area contributed by atoms with Crippen LogP contribution in [0, 0.1) is 0 Å². The van der Waals surface area contributed by atoms with Gasteiger partial charge < -0.3 is 19.9 Å². The molecule has 0 spiro atoms. The van der Waals surface area contributed by atoms with E-state index in [1.54, 1.807) is 21.9 Å². The fraction of sp³-hybridized carbons (Fsp3) is 0.571. The Labute approximate surface area is 166 Å². The SMILES string of the molecule is CC(C)OCCCNC(=O)c1ccc(CN2CC(=O)N3CCCC3C2=O)cc1. The van der Waals surface area contributed by atoms with E-state index < -0.39 is 0 Å². The molecule has 1 unspecified atom stereocenters. The second-order valence-electron chi connectivity index (χ2n) is 7.67. The third-order valence-electron chi connectivity index (χ3n) is 5.14. The molecule has 1 atom stereocenters. The van der Waals surface area contributed by atoms with Gasteiger partial charge in [0.25, 0.3) is 5.91 Å². The molecule has 0 bridgehead atoms. The lowest BCUT2D eigenvalue weighted by Gasteiger charge is -2.36. The van der Waals surface area contributed by atoms with Gasteiger partial charge in [-0.15, -0.1) is 0 Å². The lowest BCUT2D eigenvalue weighted by Crippen LogP contribution is -2.56. The number of ether oxygens (including phenoxy) is 1. The first-order chi connectivity index (χ1) is 13.5. The van der Waals surface area contributed by atoms with E-state index in [1.807, 2.05) is 26.0 Å². The molecule has 3 amide bonds. The van der Waals surface area contributed by atoms with E-state index in [0.717, 1.165) is 24.8 Å². The van der Waals surface area contributed by atoms with E-state index in [4.69, 9.17) is 4.74 Å². The summed E-state index contributed by atoms with van der Waals surface area (Å²) in [5, 5.41) is 2.88. The van der Waals surface area contributed by atoms with E-state index in [1.165, 1.54) is 0 Å². The van der Waals surface area contributed by atoms with Crippen molar-refractivity contribution in [3.8, 4) is 0 Å². The molecular weight excluding hydrogens is 358 g/mol. The molecule has 7 nitrogen and oxygen atoms in total. The van der Waals surface area contributed by atoms with Crippen LogP contribution in [-0.2, 0) is 20.9 Å². The van der Waals surface area contributed by atoms with Gasteiger partial charge in [0.1, 0.15) is 12.6 Å². The van der Waals surface area contributed by atoms with Crippen molar-refractivity contribution >= 4 is 17.7 Å². The maximum absolute atomic E-state index is 12.6. The minimum Gasteiger partial charge on any atom is -0.379 e. The highest BCUT2D eigenvalue weighted by Gasteiger charge is 2.41. The summed E-state index contributed by atoms with van der Waals surface area (Å²) in [7, 11) is 0. The normalized spacial score (nSPS) is 19.3. The van der Waals surface area contributed by atoms with Crippen LogP contribution in [0.1, 0.15) is 49.0 Å². The Bertz CT molecular complexity index is 717. The number of nitrogens with one attached hydrogen (secondary N) is 1. The average Bonchev–Trinajstić information content (AvgIpc) is 3.16. The van der Waals surface area contributed by atoms with Gasteiger partial charge in [0.2, 0.25) is 11.8 Å². The number of nitrogens with zero attached hydrogens (tertiary/aromatic N) is 2. The van der Waals surface area contributed by atoms with Gasteiger partial charge in [-0.2, -0.15) is 0 Å². The lowest BCUT2D eigenvalue weighted by atomic mass is 10.1. The van der Waals surface area contributed by atoms with Crippen LogP contribution in [0.25, 0.3) is 0 Å². The van der Waals surface area contributed by atoms with E-state index in [9.17, 15) is 14.4 Å². The van der Waals surface area contributed by atoms with Crippen molar-refractivity contribution in [1.29, 1.82) is 0 Å². The number of benzene rings is 1. The molecule has 0 aliphatic carbocycles. The summed E-state index contributed by atoms with van der Waals surface area (Å²) in [5.74, 6) is -0.0657. The Balaban J connectivity index is 1.49. The van der Waals surface area contributed by atoms with Crippen LogP contribution in [-0.4, -0.2) is 65.9 Å². The predicted molar refractivity (Wildman–Crippen MR) is 105 cm³/mol. The molecular formula is C21H29N3O4. The lowest BCUT2D eigenvalue weighted by molar-refractivity contribution is -0.154. The molecule has 7 heteroatoms. The van der Waals surface area contributed by atoms with Gasteiger partial charge in [-0.3, -0.25) is 14.4 Å². The molecule has 28 heavy (non-hydrogen) atoms. The van der Waals surface area contributed by atoms with E-state index >= 15 is 0 Å². The third kappa shape index (κ3) is 4.90. The Morgan fingerprint density at radius 3 is 2.71 bits per heavy atom. The van der Waals surface area contributed by atoms with Gasteiger partial charge in [-0.1, -0.05) is 12.1 Å². The Morgan fingerprint density at radius 2 is 2.00 bits per heavy atom. The number of piperazine rings is 1. The van der Waals surface area contributed by atoms with Gasteiger partial charge in [0.15, 0.2) is 0 Å². The molecule has 2 saturated heterocycles. The van der Waals surface area contributed by atoms with Crippen LogP contribution >= 0.6 is 0 Å². The Kier molecular flexibility index (Phi) is 6.67. The average molecular weight is 387 g/mol. The van der Waals surface area contributed by atoms with Crippen LogP contribution in [0.3, 0.4) is 0 Å². The maximum Gasteiger partial charge on any atom is 0.251 e. The van der Waals surface area contributed by atoms with Crippen molar-refractivity contribution in [2.24, 2.45) is 0 Å². The molecule has 3 rings (SSSR count). The molecule has 0 aromatic heterocycles. The van der Waals surface area contributed by atoms with Crippen molar-refractivity contribution in [3.05, 3.63) is 35.4 Å². The molecule has 2 aliphatic rings. The van der Waals surface area contributed by atoms with Gasteiger partial charge >= 0.3 is 0 Å². The highest BCUT2D eigenvalue weighted by molar-refractivity contribution is 5.95. The summed E-state index contributed by atoms with van der Waals surface area (Å²) in [6.07, 6.45) is 2.61. The second kappa shape index (κ2) is 9.19. The quantitative estimate of drug-likeness (QED) is 0.687. The summed E-state index contributed by atoms with van der Waals surface area (Å²) in [6.45, 7) is 6.37. The first kappa shape index (κ1) is 20.3. The second-order valence-corrected chi connectivity index (χ2v) is 7.67. The zero-order valence-corrected chi connectivity index (χ0v) is 16.6. The number of carbonyl (C=O) groups excluding carboxylic acids is 3. The van der Waals surface area contributed by atoms with Gasteiger partial charge in [-0.05, 0) is 50.8 Å². The summed E-state index contributed by atoms with van der Waals surface area (Å²) in [5.41, 5.74) is 1.49. The number of carbonyl (C=O) groups is 3. The molecule has 2 aliphatic heterocycles. The van der Waals surface area contributed by atoms with Crippen molar-refractivity contribution < 1.29 is 19.1 Å². The van der Waals surface area contributed by atoms with Crippen molar-refractivity contribution in [2.45, 2.75) is 51.8 Å². The minimum absolute atomic E-state index is 0.0274. The summed E-state index contributed by atoms with van der Waals surface area (Å²) in [4.78, 5) is 40.3. The predicted octanol–water partition coefficient (Wildman–Crippen LogP) is 1.56. The number of rotatable bonds is 8. The number of fused-ring (bicyclic) bond motifs is 1. The standard InChI is InChI=1S/C21H29N3O4/c1-15(2)28-12-4-10-22-20(26)17-8-6-16(7-9-17)13-23-14-19(25)24-11-3-5-18(24)21(23)27/h6-9,15,18H,3-5,10-14H2,1-2H3,(H,22,26). The summed E-state index contributed by atoms with van der Waals surface area (Å²) < 4.78 is 5.45. The molecule has 152 valence electrons. The molecule has 2 fully saturated rings. The topological polar surface area (TPSA) is 79.0 Å². The highest BCUT2D eigenvalue weighted by Crippen LogP contribution is 2.24. The largest absolute Gasteiger partial charge is 0.379 e. The molecule has 1 N–H and O–H groups in total. The smallest absolute Gasteiger partial charge is 0.251 e. The Morgan fingerprint density at radius 1 is 1.25 bits per heavy atom. The highest BCUT2D eigenvalue weighted by atomic mass is 16.5. The van der Waals surface area contributed by atoms with Crippen molar-refractivity contribution in [3.63, 3.8) is 0 Å². The number of hydrogen-bond donors (Lipinski definition) is 1. The van der Waals surface area contributed by atoms with Gasteiger partial charge in [-0.25, -0.2) is 0 Å². The molecule has 2 heterocycles. The van der Waals surface area contributed by atoms with E-state index in [0.29, 0.717) is 31.8 Å². The molecule has 0 radical (unpaired) electrons. The molecule has 1 aromatic carbocycles. The summed E-state index contributed by atoms with van der Waals surface area (Å²) in [6, 6.07) is 6.91. The van der Waals surface area contributed by atoms with Crippen molar-refractivity contribution in [2.75, 3.05) is 26.2 Å². The van der Waals surface area contributed by atoms with Crippen LogP contribution in [0.5, 0.6) is 0 Å². The van der Waals surface area contributed by atoms with Crippen LogP contribution in [0.4, 0.5) is 0 Å². The first-order valence-electron chi connectivity index (χ1n) is 10.0. The Hall–Kier alpha value is -2.41. The van der Waals surface area contributed by atoms with Gasteiger partial charge in [0, 0.05) is 31.8 Å². The van der Waals surface area contributed by atoms with Crippen LogP contribution in [0.15, 0.2) is 24.3 Å². The van der Waals surface area contributed by atoms with E-state index in [-0.39, 0.29) is 36.4 Å². The zero-order valence-electron chi connectivity index (χ0n) is 16.6. The molecule has 1 aromatic rings. The summed E-state index contributed by atoms with van der Waals surface area (Å²) >= 11 is 0. The fourth-order valence-electron chi connectivity index (χ4n) is 3.68. The van der Waals surface area contributed by atoms with Crippen LogP contribution < -0.4 is 5.32 Å². The van der Waals surface area contributed by atoms with E-state index in [2.05, 4.69) is 5.32 Å². The number of amides is 3. The molecule has 0 saturated carbocycles. The minimum atomic E-state index is -0.286. The monoisotopic (exact) mass is 387 g/mol. The van der Waals surface area contributed by atoms with Crippen molar-refractivity contribution in [1.82, 2.24) is 15.1 Å². The number of hydrogen-bond acceptors (Lipinski definition) is 4. The van der Waals surface area contributed by atoms with Gasteiger partial charge in [0.05, 0.1) is 6.10 Å². The maximum atomic E-state index is 12.6. The fourth-order valence-corrected chi connectivity index (χ4v) is 3.68.